The number of ether oxygens (including phenoxy) is 2. The predicted molar refractivity (Wildman–Crippen MR) is 150 cm³/mol. The first-order valence-corrected chi connectivity index (χ1v) is 13.3. The van der Waals surface area contributed by atoms with Crippen molar-refractivity contribution in [1.29, 1.82) is 0 Å². The summed E-state index contributed by atoms with van der Waals surface area (Å²) in [6.45, 7) is 10.6. The van der Waals surface area contributed by atoms with Crippen LogP contribution in [0.1, 0.15) is 35.6 Å². The van der Waals surface area contributed by atoms with Crippen molar-refractivity contribution in [2.24, 2.45) is 12.5 Å². The summed E-state index contributed by atoms with van der Waals surface area (Å²) in [4.78, 5) is 33.5. The fraction of sp³-hybridized carbons (Fsp3) is 0.393. The van der Waals surface area contributed by atoms with Crippen LogP contribution in [0.3, 0.4) is 0 Å². The van der Waals surface area contributed by atoms with Crippen molar-refractivity contribution in [2.45, 2.75) is 27.7 Å². The van der Waals surface area contributed by atoms with Gasteiger partial charge in [0.1, 0.15) is 11.4 Å². The van der Waals surface area contributed by atoms with E-state index in [0.717, 1.165) is 24.5 Å². The van der Waals surface area contributed by atoms with Crippen LogP contribution < -0.4 is 15.0 Å². The number of rotatable bonds is 5. The molecular formula is C28H34N8O4. The largest absolute Gasteiger partial charge is 0.438 e. The number of hydrogen-bond acceptors (Lipinski definition) is 7. The first kappa shape index (κ1) is 27.1. The van der Waals surface area contributed by atoms with Crippen molar-refractivity contribution in [3.8, 4) is 11.6 Å². The monoisotopic (exact) mass is 546 g/mol. The lowest BCUT2D eigenvalue weighted by atomic mass is 9.78. The van der Waals surface area contributed by atoms with Crippen molar-refractivity contribution < 1.29 is 19.1 Å². The van der Waals surface area contributed by atoms with E-state index in [9.17, 15) is 9.59 Å². The molecule has 3 amide bonds. The SMILES string of the molecule is CC.Cc1cc(C(=O)Nc2cc(Oc3ccc4nc(N(C)C(=O)N5CC6(COC6)C5)cn4n3)ccc2C)n(C)n1. The van der Waals surface area contributed by atoms with Crippen LogP contribution in [0.4, 0.5) is 16.3 Å². The van der Waals surface area contributed by atoms with Gasteiger partial charge in [0.05, 0.1) is 30.5 Å². The van der Waals surface area contributed by atoms with E-state index in [1.807, 2.05) is 39.8 Å². The molecule has 1 aromatic carbocycles. The first-order chi connectivity index (χ1) is 19.2. The fourth-order valence-corrected chi connectivity index (χ4v) is 4.78. The second-order valence-electron chi connectivity index (χ2n) is 10.1. The van der Waals surface area contributed by atoms with Crippen LogP contribution in [0.5, 0.6) is 11.6 Å². The van der Waals surface area contributed by atoms with Gasteiger partial charge in [-0.15, -0.1) is 5.10 Å². The molecule has 0 unspecified atom stereocenters. The minimum absolute atomic E-state index is 0.0991. The van der Waals surface area contributed by atoms with Gasteiger partial charge in [0.15, 0.2) is 11.5 Å². The molecule has 0 atom stereocenters. The molecule has 5 heterocycles. The number of aromatic nitrogens is 5. The topological polar surface area (TPSA) is 119 Å². The molecule has 1 spiro atoms. The molecule has 0 radical (unpaired) electrons. The Morgan fingerprint density at radius 2 is 1.82 bits per heavy atom. The number of likely N-dealkylation sites (tertiary alicyclic amines) is 1. The van der Waals surface area contributed by atoms with Crippen molar-refractivity contribution >= 4 is 29.1 Å². The summed E-state index contributed by atoms with van der Waals surface area (Å²) in [5, 5.41) is 11.7. The van der Waals surface area contributed by atoms with Crippen molar-refractivity contribution in [1.82, 2.24) is 29.3 Å². The lowest BCUT2D eigenvalue weighted by Gasteiger charge is -2.55. The molecule has 2 aliphatic heterocycles. The number of nitrogens with one attached hydrogen (secondary N) is 1. The number of anilines is 2. The molecule has 6 rings (SSSR count). The van der Waals surface area contributed by atoms with E-state index in [1.165, 1.54) is 4.90 Å². The normalized spacial score (nSPS) is 15.1. The number of benzene rings is 1. The minimum atomic E-state index is -0.257. The first-order valence-electron chi connectivity index (χ1n) is 13.3. The lowest BCUT2D eigenvalue weighted by Crippen LogP contribution is -2.68. The van der Waals surface area contributed by atoms with E-state index in [2.05, 4.69) is 20.5 Å². The summed E-state index contributed by atoms with van der Waals surface area (Å²) in [7, 11) is 3.44. The average molecular weight is 547 g/mol. The smallest absolute Gasteiger partial charge is 0.325 e. The number of hydrogen-bond donors (Lipinski definition) is 1. The summed E-state index contributed by atoms with van der Waals surface area (Å²) in [5.41, 5.74) is 3.48. The van der Waals surface area contributed by atoms with Gasteiger partial charge in [0.2, 0.25) is 5.88 Å². The molecule has 3 aromatic heterocycles. The summed E-state index contributed by atoms with van der Waals surface area (Å²) in [6, 6.07) is 10.5. The van der Waals surface area contributed by atoms with Gasteiger partial charge in [0, 0.05) is 45.0 Å². The number of urea groups is 1. The van der Waals surface area contributed by atoms with Gasteiger partial charge in [-0.2, -0.15) is 5.10 Å². The molecule has 40 heavy (non-hydrogen) atoms. The highest BCUT2D eigenvalue weighted by molar-refractivity contribution is 6.03. The van der Waals surface area contributed by atoms with Crippen LogP contribution in [-0.4, -0.2) is 74.6 Å². The fourth-order valence-electron chi connectivity index (χ4n) is 4.78. The molecule has 1 N–H and O–H groups in total. The average Bonchev–Trinajstić information content (AvgIpc) is 3.46. The quantitative estimate of drug-likeness (QED) is 0.401. The molecule has 0 aliphatic carbocycles. The third-order valence-corrected chi connectivity index (χ3v) is 6.97. The summed E-state index contributed by atoms with van der Waals surface area (Å²) < 4.78 is 14.4. The van der Waals surface area contributed by atoms with Gasteiger partial charge in [-0.25, -0.2) is 14.3 Å². The summed E-state index contributed by atoms with van der Waals surface area (Å²) in [6.07, 6.45) is 1.69. The minimum Gasteiger partial charge on any atom is -0.438 e. The van der Waals surface area contributed by atoms with Gasteiger partial charge in [-0.3, -0.25) is 14.4 Å². The Hall–Kier alpha value is -4.45. The third kappa shape index (κ3) is 5.09. The maximum atomic E-state index is 12.9. The standard InChI is InChI=1S/C26H28N8O4.C2H6/c1-16-5-6-18(10-19(16)27-24(35)20-9-17(2)29-32(20)4)38-23-8-7-21-28-22(11-34(21)30-23)31(3)25(36)33-12-26(13-33)14-37-15-26;1-2/h5-11H,12-15H2,1-4H3,(H,27,35);1-2H3. The number of carbonyl (C=O) groups excluding carboxylic acids is 2. The highest BCUT2D eigenvalue weighted by Crippen LogP contribution is 2.38. The van der Waals surface area contributed by atoms with E-state index in [-0.39, 0.29) is 17.4 Å². The van der Waals surface area contributed by atoms with Crippen LogP contribution >= 0.6 is 0 Å². The van der Waals surface area contributed by atoms with E-state index >= 15 is 0 Å². The Balaban J connectivity index is 0.00000158. The van der Waals surface area contributed by atoms with Crippen molar-refractivity contribution in [3.05, 3.63) is 59.5 Å². The maximum absolute atomic E-state index is 12.9. The number of nitrogens with zero attached hydrogens (tertiary/aromatic N) is 7. The molecular weight excluding hydrogens is 512 g/mol. The number of carbonyl (C=O) groups is 2. The number of amides is 3. The van der Waals surface area contributed by atoms with Crippen LogP contribution in [0.2, 0.25) is 0 Å². The maximum Gasteiger partial charge on any atom is 0.325 e. The Bertz CT molecular complexity index is 1560. The number of imidazole rings is 1. The van der Waals surface area contributed by atoms with Gasteiger partial charge in [0.25, 0.3) is 5.91 Å². The summed E-state index contributed by atoms with van der Waals surface area (Å²) >= 11 is 0. The van der Waals surface area contributed by atoms with Gasteiger partial charge in [-0.05, 0) is 37.6 Å². The second-order valence-corrected chi connectivity index (χ2v) is 10.1. The van der Waals surface area contributed by atoms with Crippen LogP contribution in [-0.2, 0) is 11.8 Å². The zero-order chi connectivity index (χ0) is 28.6. The van der Waals surface area contributed by atoms with E-state index in [1.54, 1.807) is 58.7 Å². The van der Waals surface area contributed by atoms with Crippen molar-refractivity contribution in [2.75, 3.05) is 43.6 Å². The van der Waals surface area contributed by atoms with E-state index < -0.39 is 0 Å². The Labute approximate surface area is 232 Å². The molecule has 2 saturated heterocycles. The van der Waals surface area contributed by atoms with Crippen molar-refractivity contribution in [3.63, 3.8) is 0 Å². The van der Waals surface area contributed by atoms with Crippen LogP contribution in [0.25, 0.3) is 5.65 Å². The zero-order valence-electron chi connectivity index (χ0n) is 23.6. The molecule has 2 aliphatic rings. The molecule has 12 nitrogen and oxygen atoms in total. The number of aryl methyl sites for hydroxylation is 3. The van der Waals surface area contributed by atoms with Crippen LogP contribution in [0, 0.1) is 19.3 Å². The summed E-state index contributed by atoms with van der Waals surface area (Å²) in [5.74, 6) is 1.09. The predicted octanol–water partition coefficient (Wildman–Crippen LogP) is 4.04. The van der Waals surface area contributed by atoms with Gasteiger partial charge < -0.3 is 19.7 Å². The van der Waals surface area contributed by atoms with E-state index in [4.69, 9.17) is 9.47 Å². The second kappa shape index (κ2) is 10.6. The molecule has 210 valence electrons. The molecule has 0 bridgehead atoms. The van der Waals surface area contributed by atoms with E-state index in [0.29, 0.717) is 47.6 Å². The molecule has 12 heteroatoms. The Morgan fingerprint density at radius 3 is 2.48 bits per heavy atom. The molecule has 2 fully saturated rings. The highest BCUT2D eigenvalue weighted by Gasteiger charge is 2.51. The molecule has 0 saturated carbocycles. The highest BCUT2D eigenvalue weighted by atomic mass is 16.5. The third-order valence-electron chi connectivity index (χ3n) is 6.97. The molecule has 4 aromatic rings. The van der Waals surface area contributed by atoms with Gasteiger partial charge in [-0.1, -0.05) is 19.9 Å². The number of fused-ring (bicyclic) bond motifs is 1. The van der Waals surface area contributed by atoms with Crippen LogP contribution in [0.15, 0.2) is 42.6 Å². The lowest BCUT2D eigenvalue weighted by molar-refractivity contribution is -0.174. The Kier molecular flexibility index (Phi) is 7.19. The Morgan fingerprint density at radius 1 is 1.07 bits per heavy atom. The van der Waals surface area contributed by atoms with Gasteiger partial charge >= 0.3 is 6.03 Å². The zero-order valence-corrected chi connectivity index (χ0v) is 23.6.